The smallest absolute Gasteiger partial charge is 0.169 e. The Morgan fingerprint density at radius 2 is 2.00 bits per heavy atom. The minimum absolute atomic E-state index is 0.0786. The summed E-state index contributed by atoms with van der Waals surface area (Å²) in [4.78, 5) is 0. The number of aromatic hydroxyl groups is 1. The molecule has 1 atom stereocenters. The third kappa shape index (κ3) is 3.96. The molecular formula is C12H18FNO3. The molecule has 0 radical (unpaired) electrons. The summed E-state index contributed by atoms with van der Waals surface area (Å²) in [5, 5.41) is 12.2. The molecule has 1 aromatic rings. The zero-order valence-corrected chi connectivity index (χ0v) is 10.2. The van der Waals surface area contributed by atoms with Crippen molar-refractivity contribution in [2.24, 2.45) is 0 Å². The number of benzene rings is 1. The molecule has 0 aliphatic rings. The zero-order chi connectivity index (χ0) is 12.8. The number of ether oxygens (including phenoxy) is 2. The standard InChI is InChI=1S/C12H18FNO3/c1-8(14-7-12(16-2)17-3)10-5-4-9(15)6-11(10)13/h4-6,8,12,14-15H,7H2,1-3H3. The summed E-state index contributed by atoms with van der Waals surface area (Å²) in [6.07, 6.45) is -0.363. The Bertz CT molecular complexity index is 356. The minimum atomic E-state index is -0.434. The lowest BCUT2D eigenvalue weighted by atomic mass is 10.1. The van der Waals surface area contributed by atoms with Crippen LogP contribution in [0.3, 0.4) is 0 Å². The SMILES string of the molecule is COC(CNC(C)c1ccc(O)cc1F)OC. The van der Waals surface area contributed by atoms with Gasteiger partial charge in [0.25, 0.3) is 0 Å². The lowest BCUT2D eigenvalue weighted by Gasteiger charge is -2.19. The number of methoxy groups -OCH3 is 2. The number of hydrogen-bond acceptors (Lipinski definition) is 4. The molecule has 1 aromatic carbocycles. The summed E-state index contributed by atoms with van der Waals surface area (Å²) in [5.74, 6) is -0.513. The van der Waals surface area contributed by atoms with Gasteiger partial charge in [-0.2, -0.15) is 0 Å². The minimum Gasteiger partial charge on any atom is -0.508 e. The van der Waals surface area contributed by atoms with Gasteiger partial charge in [-0.3, -0.25) is 0 Å². The van der Waals surface area contributed by atoms with E-state index in [2.05, 4.69) is 5.32 Å². The highest BCUT2D eigenvalue weighted by Crippen LogP contribution is 2.20. The first-order valence-electron chi connectivity index (χ1n) is 5.36. The molecule has 0 fully saturated rings. The molecule has 96 valence electrons. The Balaban J connectivity index is 2.60. The maximum atomic E-state index is 13.5. The molecule has 0 amide bonds. The largest absolute Gasteiger partial charge is 0.508 e. The number of halogens is 1. The molecule has 0 spiro atoms. The summed E-state index contributed by atoms with van der Waals surface area (Å²) in [7, 11) is 3.09. The van der Waals surface area contributed by atoms with Crippen molar-refractivity contribution in [3.63, 3.8) is 0 Å². The van der Waals surface area contributed by atoms with Crippen LogP contribution in [-0.4, -0.2) is 32.2 Å². The second-order valence-electron chi connectivity index (χ2n) is 3.74. The Morgan fingerprint density at radius 1 is 1.35 bits per heavy atom. The van der Waals surface area contributed by atoms with Crippen molar-refractivity contribution in [2.45, 2.75) is 19.3 Å². The fraction of sp³-hybridized carbons (Fsp3) is 0.500. The van der Waals surface area contributed by atoms with Crippen molar-refractivity contribution in [2.75, 3.05) is 20.8 Å². The first kappa shape index (κ1) is 13.9. The summed E-state index contributed by atoms with van der Waals surface area (Å²) in [6.45, 7) is 2.28. The van der Waals surface area contributed by atoms with Crippen LogP contribution in [0.1, 0.15) is 18.5 Å². The van der Waals surface area contributed by atoms with Crippen molar-refractivity contribution in [3.05, 3.63) is 29.6 Å². The van der Waals surface area contributed by atoms with Gasteiger partial charge in [-0.1, -0.05) is 6.07 Å². The van der Waals surface area contributed by atoms with E-state index in [9.17, 15) is 4.39 Å². The van der Waals surface area contributed by atoms with E-state index in [0.29, 0.717) is 12.1 Å². The van der Waals surface area contributed by atoms with Crippen molar-refractivity contribution in [1.82, 2.24) is 5.32 Å². The molecule has 0 aliphatic heterocycles. The molecule has 1 rings (SSSR count). The Morgan fingerprint density at radius 3 is 2.53 bits per heavy atom. The molecule has 17 heavy (non-hydrogen) atoms. The van der Waals surface area contributed by atoms with E-state index >= 15 is 0 Å². The lowest BCUT2D eigenvalue weighted by Crippen LogP contribution is -2.31. The van der Waals surface area contributed by atoms with Gasteiger partial charge in [0.05, 0.1) is 0 Å². The lowest BCUT2D eigenvalue weighted by molar-refractivity contribution is -0.0997. The maximum Gasteiger partial charge on any atom is 0.169 e. The van der Waals surface area contributed by atoms with E-state index in [1.165, 1.54) is 6.07 Å². The molecule has 0 saturated heterocycles. The van der Waals surface area contributed by atoms with E-state index < -0.39 is 5.82 Å². The quantitative estimate of drug-likeness (QED) is 0.748. The molecule has 0 bridgehead atoms. The van der Waals surface area contributed by atoms with Crippen LogP contribution in [0.25, 0.3) is 0 Å². The van der Waals surface area contributed by atoms with E-state index in [1.807, 2.05) is 6.92 Å². The Kier molecular flexibility index (Phi) is 5.34. The van der Waals surface area contributed by atoms with Crippen LogP contribution in [-0.2, 0) is 9.47 Å². The second kappa shape index (κ2) is 6.54. The molecule has 5 heteroatoms. The molecule has 1 unspecified atom stereocenters. The van der Waals surface area contributed by atoms with Gasteiger partial charge in [-0.25, -0.2) is 4.39 Å². The predicted molar refractivity (Wildman–Crippen MR) is 62.3 cm³/mol. The van der Waals surface area contributed by atoms with E-state index in [0.717, 1.165) is 6.07 Å². The first-order valence-corrected chi connectivity index (χ1v) is 5.36. The third-order valence-electron chi connectivity index (χ3n) is 2.57. The molecule has 0 aromatic heterocycles. The highest BCUT2D eigenvalue weighted by molar-refractivity contribution is 5.29. The van der Waals surface area contributed by atoms with Gasteiger partial charge in [-0.05, 0) is 13.0 Å². The fourth-order valence-electron chi connectivity index (χ4n) is 1.51. The summed E-state index contributed by atoms with van der Waals surface area (Å²) in [5.41, 5.74) is 0.494. The third-order valence-corrected chi connectivity index (χ3v) is 2.57. The number of hydrogen-bond donors (Lipinski definition) is 2. The van der Waals surface area contributed by atoms with Gasteiger partial charge >= 0.3 is 0 Å². The highest BCUT2D eigenvalue weighted by atomic mass is 19.1. The average molecular weight is 243 g/mol. The van der Waals surface area contributed by atoms with Crippen LogP contribution in [0, 0.1) is 5.82 Å². The monoisotopic (exact) mass is 243 g/mol. The van der Waals surface area contributed by atoms with Crippen molar-refractivity contribution < 1.29 is 19.0 Å². The number of phenols is 1. The zero-order valence-electron chi connectivity index (χ0n) is 10.2. The van der Waals surface area contributed by atoms with E-state index in [4.69, 9.17) is 14.6 Å². The normalized spacial score (nSPS) is 13.0. The molecule has 0 aliphatic carbocycles. The van der Waals surface area contributed by atoms with Crippen LogP contribution in [0.15, 0.2) is 18.2 Å². The number of nitrogens with one attached hydrogen (secondary N) is 1. The topological polar surface area (TPSA) is 50.7 Å². The average Bonchev–Trinajstić information content (AvgIpc) is 2.30. The molecule has 2 N–H and O–H groups in total. The molecule has 0 heterocycles. The van der Waals surface area contributed by atoms with Crippen molar-refractivity contribution in [1.29, 1.82) is 0 Å². The van der Waals surface area contributed by atoms with Gasteiger partial charge in [0.2, 0.25) is 0 Å². The fourth-order valence-corrected chi connectivity index (χ4v) is 1.51. The van der Waals surface area contributed by atoms with Crippen LogP contribution in [0.2, 0.25) is 0 Å². The maximum absolute atomic E-state index is 13.5. The molecule has 4 nitrogen and oxygen atoms in total. The van der Waals surface area contributed by atoms with Gasteiger partial charge in [0.15, 0.2) is 6.29 Å². The van der Waals surface area contributed by atoms with Crippen LogP contribution in [0.4, 0.5) is 4.39 Å². The first-order chi connectivity index (χ1) is 8.08. The van der Waals surface area contributed by atoms with Crippen LogP contribution < -0.4 is 5.32 Å². The Hall–Kier alpha value is -1.17. The van der Waals surface area contributed by atoms with Gasteiger partial charge < -0.3 is 19.9 Å². The number of phenolic OH excluding ortho intramolecular Hbond substituents is 1. The van der Waals surface area contributed by atoms with Crippen molar-refractivity contribution in [3.8, 4) is 5.75 Å². The predicted octanol–water partition coefficient (Wildman–Crippen LogP) is 1.80. The number of rotatable bonds is 6. The molecule has 0 saturated carbocycles. The van der Waals surface area contributed by atoms with E-state index in [1.54, 1.807) is 20.3 Å². The van der Waals surface area contributed by atoms with E-state index in [-0.39, 0.29) is 18.1 Å². The second-order valence-corrected chi connectivity index (χ2v) is 3.74. The summed E-state index contributed by atoms with van der Waals surface area (Å²) < 4.78 is 23.6. The molecular weight excluding hydrogens is 225 g/mol. The van der Waals surface area contributed by atoms with Crippen LogP contribution >= 0.6 is 0 Å². The summed E-state index contributed by atoms with van der Waals surface area (Å²) in [6, 6.07) is 3.92. The van der Waals surface area contributed by atoms with Gasteiger partial charge in [0.1, 0.15) is 11.6 Å². The van der Waals surface area contributed by atoms with Crippen LogP contribution in [0.5, 0.6) is 5.75 Å². The summed E-state index contributed by atoms with van der Waals surface area (Å²) >= 11 is 0. The van der Waals surface area contributed by atoms with Gasteiger partial charge in [0, 0.05) is 38.4 Å². The van der Waals surface area contributed by atoms with Crippen molar-refractivity contribution >= 4 is 0 Å². The Labute approximate surface area is 100 Å². The highest BCUT2D eigenvalue weighted by Gasteiger charge is 2.13. The van der Waals surface area contributed by atoms with Gasteiger partial charge in [-0.15, -0.1) is 0 Å².